The van der Waals surface area contributed by atoms with Gasteiger partial charge < -0.3 is 10.5 Å². The van der Waals surface area contributed by atoms with Crippen molar-refractivity contribution in [2.45, 2.75) is 32.9 Å². The van der Waals surface area contributed by atoms with E-state index in [2.05, 4.69) is 22.4 Å². The van der Waals surface area contributed by atoms with Crippen molar-refractivity contribution >= 4 is 0 Å². The van der Waals surface area contributed by atoms with Gasteiger partial charge in [0.1, 0.15) is 0 Å². The molecule has 0 aromatic carbocycles. The van der Waals surface area contributed by atoms with Crippen LogP contribution in [-0.2, 0) is 17.8 Å². The molecule has 6 heteroatoms. The van der Waals surface area contributed by atoms with Crippen LogP contribution < -0.4 is 5.73 Å². The van der Waals surface area contributed by atoms with E-state index in [1.54, 1.807) is 4.68 Å². The molecule has 6 nitrogen and oxygen atoms in total. The van der Waals surface area contributed by atoms with Crippen LogP contribution in [0.2, 0.25) is 0 Å². The van der Waals surface area contributed by atoms with Crippen molar-refractivity contribution in [1.29, 1.82) is 0 Å². The molecule has 1 aromatic rings. The minimum atomic E-state index is 0.378. The van der Waals surface area contributed by atoms with Crippen molar-refractivity contribution in [2.24, 2.45) is 5.73 Å². The van der Waals surface area contributed by atoms with E-state index in [0.29, 0.717) is 6.54 Å². The highest BCUT2D eigenvalue weighted by molar-refractivity contribution is 4.77. The summed E-state index contributed by atoms with van der Waals surface area (Å²) in [5.41, 5.74) is 5.45. The number of aromatic nitrogens is 4. The molecule has 0 spiro atoms. The van der Waals surface area contributed by atoms with Crippen molar-refractivity contribution in [3.63, 3.8) is 0 Å². The van der Waals surface area contributed by atoms with Crippen molar-refractivity contribution in [3.8, 4) is 0 Å². The van der Waals surface area contributed by atoms with Gasteiger partial charge in [-0.3, -0.25) is 0 Å². The van der Waals surface area contributed by atoms with E-state index in [4.69, 9.17) is 10.5 Å². The molecule has 80 valence electrons. The van der Waals surface area contributed by atoms with Crippen LogP contribution in [0.1, 0.15) is 25.6 Å². The average molecular weight is 199 g/mol. The molecule has 1 rings (SSSR count). The molecule has 0 fully saturated rings. The molecule has 0 saturated carbocycles. The van der Waals surface area contributed by atoms with Crippen LogP contribution in [0, 0.1) is 0 Å². The predicted molar refractivity (Wildman–Crippen MR) is 51.4 cm³/mol. The summed E-state index contributed by atoms with van der Waals surface area (Å²) in [4.78, 5) is 0. The topological polar surface area (TPSA) is 78.8 Å². The van der Waals surface area contributed by atoms with Crippen LogP contribution in [0.3, 0.4) is 0 Å². The molecule has 0 aliphatic rings. The number of hydrogen-bond acceptors (Lipinski definition) is 5. The number of aryl methyl sites for hydroxylation is 1. The SMILES string of the molecule is CCCOCCCn1nnnc1CN. The van der Waals surface area contributed by atoms with Gasteiger partial charge in [-0.25, -0.2) is 4.68 Å². The van der Waals surface area contributed by atoms with Crippen molar-refractivity contribution in [1.82, 2.24) is 20.2 Å². The molecule has 1 aromatic heterocycles. The summed E-state index contributed by atoms with van der Waals surface area (Å²) >= 11 is 0. The number of tetrazole rings is 1. The van der Waals surface area contributed by atoms with Crippen LogP contribution in [-0.4, -0.2) is 33.4 Å². The zero-order chi connectivity index (χ0) is 10.2. The molecule has 0 amide bonds. The van der Waals surface area contributed by atoms with Gasteiger partial charge in [0.2, 0.25) is 0 Å². The number of ether oxygens (including phenoxy) is 1. The largest absolute Gasteiger partial charge is 0.381 e. The average Bonchev–Trinajstić information content (AvgIpc) is 2.65. The van der Waals surface area contributed by atoms with Crippen molar-refractivity contribution in [3.05, 3.63) is 5.82 Å². The van der Waals surface area contributed by atoms with E-state index in [1.165, 1.54) is 0 Å². The summed E-state index contributed by atoms with van der Waals surface area (Å²) in [6, 6.07) is 0. The summed E-state index contributed by atoms with van der Waals surface area (Å²) in [7, 11) is 0. The number of hydrogen-bond donors (Lipinski definition) is 1. The lowest BCUT2D eigenvalue weighted by Gasteiger charge is -2.03. The van der Waals surface area contributed by atoms with E-state index < -0.39 is 0 Å². The molecule has 0 aliphatic carbocycles. The first-order valence-electron chi connectivity index (χ1n) is 4.91. The third kappa shape index (κ3) is 3.39. The third-order valence-electron chi connectivity index (χ3n) is 1.80. The molecular formula is C8H17N5O. The first kappa shape index (κ1) is 11.1. The summed E-state index contributed by atoms with van der Waals surface area (Å²) < 4.78 is 7.06. The Hall–Kier alpha value is -1.01. The summed E-state index contributed by atoms with van der Waals surface area (Å²) in [5, 5.41) is 11.2. The molecule has 14 heavy (non-hydrogen) atoms. The highest BCUT2D eigenvalue weighted by atomic mass is 16.5. The second-order valence-electron chi connectivity index (χ2n) is 2.99. The Balaban J connectivity index is 2.17. The van der Waals surface area contributed by atoms with Gasteiger partial charge in [-0.05, 0) is 23.3 Å². The lowest BCUT2D eigenvalue weighted by atomic mass is 10.4. The van der Waals surface area contributed by atoms with Crippen molar-refractivity contribution in [2.75, 3.05) is 13.2 Å². The monoisotopic (exact) mass is 199 g/mol. The molecule has 2 N–H and O–H groups in total. The highest BCUT2D eigenvalue weighted by Gasteiger charge is 2.02. The minimum Gasteiger partial charge on any atom is -0.381 e. The Morgan fingerprint density at radius 3 is 3.00 bits per heavy atom. The number of rotatable bonds is 7. The standard InChI is InChI=1S/C8H17N5O/c1-2-5-14-6-3-4-13-8(7-9)10-11-12-13/h2-7,9H2,1H3. The second-order valence-corrected chi connectivity index (χ2v) is 2.99. The smallest absolute Gasteiger partial charge is 0.164 e. The van der Waals surface area contributed by atoms with Gasteiger partial charge >= 0.3 is 0 Å². The molecule has 0 aliphatic heterocycles. The molecule has 0 atom stereocenters. The van der Waals surface area contributed by atoms with E-state index in [9.17, 15) is 0 Å². The minimum absolute atomic E-state index is 0.378. The van der Waals surface area contributed by atoms with Gasteiger partial charge in [-0.2, -0.15) is 0 Å². The first-order chi connectivity index (χ1) is 6.88. The summed E-state index contributed by atoms with van der Waals surface area (Å²) in [6.45, 7) is 4.80. The number of nitrogens with two attached hydrogens (primary N) is 1. The summed E-state index contributed by atoms with van der Waals surface area (Å²) in [6.07, 6.45) is 1.97. The van der Waals surface area contributed by atoms with Gasteiger partial charge in [0, 0.05) is 19.8 Å². The Morgan fingerprint density at radius 1 is 1.43 bits per heavy atom. The molecule has 0 saturated heterocycles. The van der Waals surface area contributed by atoms with E-state index >= 15 is 0 Å². The lowest BCUT2D eigenvalue weighted by molar-refractivity contribution is 0.128. The van der Waals surface area contributed by atoms with Crippen LogP contribution in [0.4, 0.5) is 0 Å². The number of nitrogens with zero attached hydrogens (tertiary/aromatic N) is 4. The van der Waals surface area contributed by atoms with Gasteiger partial charge in [-0.1, -0.05) is 6.92 Å². The van der Waals surface area contributed by atoms with Crippen LogP contribution in [0.15, 0.2) is 0 Å². The van der Waals surface area contributed by atoms with Crippen LogP contribution in [0.5, 0.6) is 0 Å². The Bertz CT molecular complexity index is 250. The maximum atomic E-state index is 5.45. The van der Waals surface area contributed by atoms with Gasteiger partial charge in [0.15, 0.2) is 5.82 Å². The molecule has 1 heterocycles. The van der Waals surface area contributed by atoms with Crippen LogP contribution in [0.25, 0.3) is 0 Å². The predicted octanol–water partition coefficient (Wildman–Crippen LogP) is -0.0515. The second kappa shape index (κ2) is 6.44. The Labute approximate surface area is 83.4 Å². The zero-order valence-electron chi connectivity index (χ0n) is 8.52. The van der Waals surface area contributed by atoms with E-state index in [0.717, 1.165) is 38.4 Å². The van der Waals surface area contributed by atoms with Gasteiger partial charge in [-0.15, -0.1) is 5.10 Å². The molecular weight excluding hydrogens is 182 g/mol. The van der Waals surface area contributed by atoms with Crippen LogP contribution >= 0.6 is 0 Å². The van der Waals surface area contributed by atoms with E-state index in [-0.39, 0.29) is 0 Å². The fourth-order valence-corrected chi connectivity index (χ4v) is 1.11. The quantitative estimate of drug-likeness (QED) is 0.623. The fourth-order valence-electron chi connectivity index (χ4n) is 1.11. The zero-order valence-corrected chi connectivity index (χ0v) is 8.52. The normalized spacial score (nSPS) is 10.7. The molecule has 0 unspecified atom stereocenters. The Morgan fingerprint density at radius 2 is 2.29 bits per heavy atom. The maximum Gasteiger partial charge on any atom is 0.164 e. The van der Waals surface area contributed by atoms with E-state index in [1.807, 2.05) is 0 Å². The first-order valence-corrected chi connectivity index (χ1v) is 4.91. The van der Waals surface area contributed by atoms with Crippen molar-refractivity contribution < 1.29 is 4.74 Å². The van der Waals surface area contributed by atoms with Gasteiger partial charge in [0.25, 0.3) is 0 Å². The Kier molecular flexibility index (Phi) is 5.09. The molecule has 0 radical (unpaired) electrons. The summed E-state index contributed by atoms with van der Waals surface area (Å²) in [5.74, 6) is 0.723. The third-order valence-corrected chi connectivity index (χ3v) is 1.80. The molecule has 0 bridgehead atoms. The lowest BCUT2D eigenvalue weighted by Crippen LogP contribution is -2.11. The maximum absolute atomic E-state index is 5.45. The van der Waals surface area contributed by atoms with Gasteiger partial charge in [0.05, 0.1) is 6.54 Å². The highest BCUT2D eigenvalue weighted by Crippen LogP contribution is 1.94. The fraction of sp³-hybridized carbons (Fsp3) is 0.875.